The third kappa shape index (κ3) is 7.38. The summed E-state index contributed by atoms with van der Waals surface area (Å²) >= 11 is 0. The van der Waals surface area contributed by atoms with Crippen molar-refractivity contribution in [1.29, 1.82) is 0 Å². The van der Waals surface area contributed by atoms with Crippen LogP contribution in [0, 0.1) is 11.7 Å². The Morgan fingerprint density at radius 3 is 2.10 bits per heavy atom. The summed E-state index contributed by atoms with van der Waals surface area (Å²) in [5.74, 6) is 0.176. The number of halogens is 1. The SMILES string of the molecule is CCCCOC(OCCCC)C1CCN(c2cccc(N3C4CCC3CN(C(=O)OCc3ccccc3)C4)c2F)CC1. The van der Waals surface area contributed by atoms with Gasteiger partial charge in [0.1, 0.15) is 6.61 Å². The minimum Gasteiger partial charge on any atom is -0.445 e. The minimum atomic E-state index is -0.289. The van der Waals surface area contributed by atoms with Crippen molar-refractivity contribution in [2.75, 3.05) is 49.2 Å². The summed E-state index contributed by atoms with van der Waals surface area (Å²) < 4.78 is 34.1. The van der Waals surface area contributed by atoms with Crippen LogP contribution in [-0.4, -0.2) is 68.8 Å². The number of carbonyl (C=O) groups excluding carboxylic acids is 1. The first-order valence-corrected chi connectivity index (χ1v) is 16.1. The molecule has 2 atom stereocenters. The second-order valence-electron chi connectivity index (χ2n) is 12.0. The molecule has 0 saturated carbocycles. The van der Waals surface area contributed by atoms with Gasteiger partial charge in [-0.3, -0.25) is 0 Å². The molecule has 3 saturated heterocycles. The first-order chi connectivity index (χ1) is 20.6. The topological polar surface area (TPSA) is 54.5 Å². The highest BCUT2D eigenvalue weighted by molar-refractivity contribution is 5.69. The average molecular weight is 582 g/mol. The van der Waals surface area contributed by atoms with Crippen LogP contribution < -0.4 is 9.80 Å². The van der Waals surface area contributed by atoms with E-state index in [0.717, 1.165) is 83.2 Å². The van der Waals surface area contributed by atoms with E-state index < -0.39 is 0 Å². The van der Waals surface area contributed by atoms with Gasteiger partial charge in [0.05, 0.1) is 11.4 Å². The number of fused-ring (bicyclic) bond motifs is 2. The summed E-state index contributed by atoms with van der Waals surface area (Å²) in [6.07, 6.45) is 7.54. The summed E-state index contributed by atoms with van der Waals surface area (Å²) in [5.41, 5.74) is 2.30. The largest absolute Gasteiger partial charge is 0.445 e. The molecule has 0 N–H and O–H groups in total. The quantitative estimate of drug-likeness (QED) is 0.188. The third-order valence-corrected chi connectivity index (χ3v) is 9.01. The highest BCUT2D eigenvalue weighted by Crippen LogP contribution is 2.40. The number of unbranched alkanes of at least 4 members (excludes halogenated alkanes) is 2. The van der Waals surface area contributed by atoms with Crippen LogP contribution in [0.25, 0.3) is 0 Å². The highest BCUT2D eigenvalue weighted by atomic mass is 19.1. The molecular formula is C34H48FN3O4. The molecule has 5 rings (SSSR count). The zero-order valence-electron chi connectivity index (χ0n) is 25.4. The molecule has 2 unspecified atom stereocenters. The van der Waals surface area contributed by atoms with Crippen LogP contribution in [0.3, 0.4) is 0 Å². The van der Waals surface area contributed by atoms with Crippen LogP contribution in [0.1, 0.15) is 70.8 Å². The van der Waals surface area contributed by atoms with Crippen molar-refractivity contribution in [3.05, 3.63) is 59.9 Å². The summed E-state index contributed by atoms with van der Waals surface area (Å²) in [6.45, 7) is 8.72. The lowest BCUT2D eigenvalue weighted by atomic mass is 9.95. The summed E-state index contributed by atoms with van der Waals surface area (Å²) in [5, 5.41) is 0. The van der Waals surface area contributed by atoms with Crippen molar-refractivity contribution >= 4 is 17.5 Å². The molecule has 3 heterocycles. The van der Waals surface area contributed by atoms with E-state index in [1.54, 1.807) is 4.90 Å². The van der Waals surface area contributed by atoms with Gasteiger partial charge in [0.15, 0.2) is 12.1 Å². The van der Waals surface area contributed by atoms with Gasteiger partial charge in [0, 0.05) is 57.4 Å². The predicted molar refractivity (Wildman–Crippen MR) is 164 cm³/mol. The molecule has 7 nitrogen and oxygen atoms in total. The number of hydrogen-bond donors (Lipinski definition) is 0. The second-order valence-corrected chi connectivity index (χ2v) is 12.0. The van der Waals surface area contributed by atoms with Gasteiger partial charge < -0.3 is 28.9 Å². The van der Waals surface area contributed by atoms with Crippen molar-refractivity contribution in [3.8, 4) is 0 Å². The van der Waals surface area contributed by atoms with Gasteiger partial charge in [-0.1, -0.05) is 63.1 Å². The number of hydrogen-bond acceptors (Lipinski definition) is 6. The molecule has 3 aliphatic rings. The van der Waals surface area contributed by atoms with Crippen LogP contribution in [0.2, 0.25) is 0 Å². The zero-order valence-corrected chi connectivity index (χ0v) is 25.4. The number of benzene rings is 2. The molecule has 230 valence electrons. The molecule has 0 radical (unpaired) electrons. The minimum absolute atomic E-state index is 0.0878. The predicted octanol–water partition coefficient (Wildman–Crippen LogP) is 6.99. The number of rotatable bonds is 13. The maximum Gasteiger partial charge on any atom is 0.410 e. The number of amides is 1. The highest BCUT2D eigenvalue weighted by Gasteiger charge is 2.43. The molecule has 8 heteroatoms. The van der Waals surface area contributed by atoms with Gasteiger partial charge in [-0.15, -0.1) is 0 Å². The van der Waals surface area contributed by atoms with Crippen molar-refractivity contribution in [2.24, 2.45) is 5.92 Å². The summed E-state index contributed by atoms with van der Waals surface area (Å²) in [7, 11) is 0. The Labute approximate surface area is 250 Å². The number of ether oxygens (including phenoxy) is 3. The molecule has 2 bridgehead atoms. The number of nitrogens with zero attached hydrogens (tertiary/aromatic N) is 3. The van der Waals surface area contributed by atoms with Crippen molar-refractivity contribution in [1.82, 2.24) is 4.90 Å². The van der Waals surface area contributed by atoms with Gasteiger partial charge in [-0.2, -0.15) is 0 Å². The van der Waals surface area contributed by atoms with E-state index in [1.807, 2.05) is 48.5 Å². The molecule has 1 amide bonds. The lowest BCUT2D eigenvalue weighted by Gasteiger charge is -2.42. The Hall–Kier alpha value is -2.84. The first kappa shape index (κ1) is 30.6. The van der Waals surface area contributed by atoms with Crippen LogP contribution in [-0.2, 0) is 20.8 Å². The Balaban J connectivity index is 1.19. The number of piperazine rings is 1. The van der Waals surface area contributed by atoms with E-state index in [2.05, 4.69) is 23.6 Å². The van der Waals surface area contributed by atoms with Gasteiger partial charge in [0.2, 0.25) is 0 Å². The Morgan fingerprint density at radius 1 is 0.857 bits per heavy atom. The van der Waals surface area contributed by atoms with Crippen molar-refractivity contribution in [3.63, 3.8) is 0 Å². The van der Waals surface area contributed by atoms with Crippen LogP contribution >= 0.6 is 0 Å². The molecule has 2 aromatic carbocycles. The number of piperidine rings is 1. The van der Waals surface area contributed by atoms with E-state index >= 15 is 4.39 Å². The lowest BCUT2D eigenvalue weighted by molar-refractivity contribution is -0.177. The Morgan fingerprint density at radius 2 is 1.48 bits per heavy atom. The Kier molecular flexibility index (Phi) is 11.0. The molecule has 2 aromatic rings. The maximum absolute atomic E-state index is 16.2. The summed E-state index contributed by atoms with van der Waals surface area (Å²) in [6, 6.07) is 15.7. The normalized spacial score (nSPS) is 20.9. The van der Waals surface area contributed by atoms with Crippen LogP contribution in [0.15, 0.2) is 48.5 Å². The molecular weight excluding hydrogens is 533 g/mol. The number of anilines is 2. The standard InChI is InChI=1S/C34H48FN3O4/c1-3-5-21-40-33(41-22-6-4-2)27-17-19-36(20-18-27)30-13-10-14-31(32(30)35)38-28-15-16-29(38)24-37(23-28)34(39)42-25-26-11-8-7-9-12-26/h7-14,27-29,33H,3-6,15-25H2,1-2H3. The van der Waals surface area contributed by atoms with Crippen LogP contribution in [0.4, 0.5) is 20.6 Å². The van der Waals surface area contributed by atoms with Crippen molar-refractivity contribution < 1.29 is 23.4 Å². The average Bonchev–Trinajstić information content (AvgIpc) is 3.27. The third-order valence-electron chi connectivity index (χ3n) is 9.01. The molecule has 42 heavy (non-hydrogen) atoms. The summed E-state index contributed by atoms with van der Waals surface area (Å²) in [4.78, 5) is 19.1. The molecule has 3 aliphatic heterocycles. The monoisotopic (exact) mass is 581 g/mol. The lowest BCUT2D eigenvalue weighted by Crippen LogP contribution is -2.55. The maximum atomic E-state index is 16.2. The van der Waals surface area contributed by atoms with Crippen molar-refractivity contribution in [2.45, 2.75) is 90.2 Å². The van der Waals surface area contributed by atoms with Gasteiger partial charge >= 0.3 is 6.09 Å². The van der Waals surface area contributed by atoms with E-state index in [9.17, 15) is 4.79 Å². The number of carbonyl (C=O) groups is 1. The Bertz CT molecular complexity index is 1100. The second kappa shape index (κ2) is 15.1. The fraction of sp³-hybridized carbons (Fsp3) is 0.618. The molecule has 0 spiro atoms. The van der Waals surface area contributed by atoms with E-state index in [4.69, 9.17) is 14.2 Å². The number of likely N-dealkylation sites (tertiary alicyclic amines) is 1. The van der Waals surface area contributed by atoms with E-state index in [0.29, 0.717) is 30.4 Å². The zero-order chi connectivity index (χ0) is 29.3. The fourth-order valence-corrected chi connectivity index (χ4v) is 6.63. The van der Waals surface area contributed by atoms with E-state index in [1.165, 1.54) is 0 Å². The van der Waals surface area contributed by atoms with Gasteiger partial charge in [-0.05, 0) is 56.2 Å². The smallest absolute Gasteiger partial charge is 0.410 e. The first-order valence-electron chi connectivity index (χ1n) is 16.1. The molecule has 0 aliphatic carbocycles. The fourth-order valence-electron chi connectivity index (χ4n) is 6.63. The van der Waals surface area contributed by atoms with Gasteiger partial charge in [0.25, 0.3) is 0 Å². The molecule has 3 fully saturated rings. The van der Waals surface area contributed by atoms with E-state index in [-0.39, 0.29) is 36.9 Å². The molecule has 0 aromatic heterocycles. The van der Waals surface area contributed by atoms with Gasteiger partial charge in [-0.25, -0.2) is 9.18 Å². The van der Waals surface area contributed by atoms with Crippen LogP contribution in [0.5, 0.6) is 0 Å².